The predicted octanol–water partition coefficient (Wildman–Crippen LogP) is 3.72. The van der Waals surface area contributed by atoms with Gasteiger partial charge in [-0.1, -0.05) is 47.5 Å². The Hall–Kier alpha value is -1.67. The van der Waals surface area contributed by atoms with Crippen molar-refractivity contribution in [3.63, 3.8) is 0 Å². The van der Waals surface area contributed by atoms with Crippen molar-refractivity contribution >= 4 is 0 Å². The fourth-order valence-electron chi connectivity index (χ4n) is 2.19. The van der Waals surface area contributed by atoms with Crippen LogP contribution in [-0.4, -0.2) is 5.11 Å². The van der Waals surface area contributed by atoms with Gasteiger partial charge in [-0.3, -0.25) is 0 Å². The van der Waals surface area contributed by atoms with Gasteiger partial charge < -0.3 is 5.11 Å². The zero-order chi connectivity index (χ0) is 13.1. The summed E-state index contributed by atoms with van der Waals surface area (Å²) in [6, 6.07) is 12.5. The lowest BCUT2D eigenvalue weighted by molar-refractivity contribution is 0.177. The second kappa shape index (κ2) is 5.32. The van der Waals surface area contributed by atoms with Crippen LogP contribution >= 0.6 is 0 Å². The molecule has 2 rings (SSSR count). The number of hydrogen-bond acceptors (Lipinski definition) is 1. The van der Waals surface area contributed by atoms with Crippen LogP contribution in [0.15, 0.2) is 42.5 Å². The van der Waals surface area contributed by atoms with Crippen LogP contribution in [0.25, 0.3) is 0 Å². The third-order valence-electron chi connectivity index (χ3n) is 3.00. The van der Waals surface area contributed by atoms with Crippen LogP contribution in [0.5, 0.6) is 0 Å². The molecule has 2 heteroatoms. The monoisotopic (exact) mass is 244 g/mol. The Bertz CT molecular complexity index is 528. The summed E-state index contributed by atoms with van der Waals surface area (Å²) in [5.74, 6) is -0.263. The zero-order valence-corrected chi connectivity index (χ0v) is 10.7. The molecule has 2 aromatic rings. The van der Waals surface area contributed by atoms with Crippen molar-refractivity contribution in [2.45, 2.75) is 26.4 Å². The third-order valence-corrected chi connectivity index (χ3v) is 3.00. The van der Waals surface area contributed by atoms with Crippen LogP contribution < -0.4 is 0 Å². The van der Waals surface area contributed by atoms with E-state index in [1.54, 1.807) is 18.2 Å². The van der Waals surface area contributed by atoms with E-state index < -0.39 is 6.10 Å². The highest BCUT2D eigenvalue weighted by atomic mass is 19.1. The standard InChI is InChI=1S/C16H17FO/c1-11-7-12(2)9-14(8-11)16(18)10-13-5-3-4-6-15(13)17/h3-9,16,18H,10H2,1-2H3. The molecule has 0 aliphatic heterocycles. The summed E-state index contributed by atoms with van der Waals surface area (Å²) in [6.07, 6.45) is -0.365. The number of aliphatic hydroxyl groups is 1. The van der Waals surface area contributed by atoms with E-state index in [-0.39, 0.29) is 5.82 Å². The van der Waals surface area contributed by atoms with Gasteiger partial charge in [0.15, 0.2) is 0 Å². The summed E-state index contributed by atoms with van der Waals surface area (Å²) < 4.78 is 13.5. The van der Waals surface area contributed by atoms with Gasteiger partial charge in [0.1, 0.15) is 5.82 Å². The summed E-state index contributed by atoms with van der Waals surface area (Å²) in [5, 5.41) is 10.2. The Morgan fingerprint density at radius 3 is 2.28 bits per heavy atom. The molecule has 1 atom stereocenters. The van der Waals surface area contributed by atoms with E-state index in [9.17, 15) is 9.50 Å². The molecule has 0 aromatic heterocycles. The Labute approximate surface area is 107 Å². The van der Waals surface area contributed by atoms with Crippen LogP contribution in [-0.2, 0) is 6.42 Å². The first-order chi connectivity index (χ1) is 8.56. The summed E-state index contributed by atoms with van der Waals surface area (Å²) in [5.41, 5.74) is 3.61. The quantitative estimate of drug-likeness (QED) is 0.872. The van der Waals surface area contributed by atoms with E-state index >= 15 is 0 Å². The van der Waals surface area contributed by atoms with Gasteiger partial charge in [-0.15, -0.1) is 0 Å². The van der Waals surface area contributed by atoms with E-state index in [4.69, 9.17) is 0 Å². The number of aliphatic hydroxyl groups excluding tert-OH is 1. The van der Waals surface area contributed by atoms with Gasteiger partial charge >= 0.3 is 0 Å². The number of rotatable bonds is 3. The van der Waals surface area contributed by atoms with Crippen LogP contribution in [0, 0.1) is 19.7 Å². The van der Waals surface area contributed by atoms with Crippen molar-refractivity contribution in [2.75, 3.05) is 0 Å². The molecule has 0 heterocycles. The van der Waals surface area contributed by atoms with E-state index in [0.29, 0.717) is 12.0 Å². The molecule has 18 heavy (non-hydrogen) atoms. The molecule has 0 spiro atoms. The maximum absolute atomic E-state index is 13.5. The van der Waals surface area contributed by atoms with Gasteiger partial charge in [0.2, 0.25) is 0 Å². The van der Waals surface area contributed by atoms with Crippen LogP contribution in [0.3, 0.4) is 0 Å². The molecule has 0 aliphatic carbocycles. The minimum Gasteiger partial charge on any atom is -0.388 e. The molecular formula is C16H17FO. The van der Waals surface area contributed by atoms with Crippen molar-refractivity contribution in [1.29, 1.82) is 0 Å². The lowest BCUT2D eigenvalue weighted by Crippen LogP contribution is -2.04. The molecule has 1 nitrogen and oxygen atoms in total. The second-order valence-corrected chi connectivity index (χ2v) is 4.73. The molecule has 0 bridgehead atoms. The minimum atomic E-state index is -0.666. The van der Waals surface area contributed by atoms with Crippen LogP contribution in [0.4, 0.5) is 4.39 Å². The molecular weight excluding hydrogens is 227 g/mol. The Morgan fingerprint density at radius 2 is 1.67 bits per heavy atom. The topological polar surface area (TPSA) is 20.2 Å². The Morgan fingerprint density at radius 1 is 1.06 bits per heavy atom. The minimum absolute atomic E-state index is 0.263. The van der Waals surface area contributed by atoms with E-state index in [1.165, 1.54) is 6.07 Å². The van der Waals surface area contributed by atoms with Gasteiger partial charge in [-0.05, 0) is 31.0 Å². The fourth-order valence-corrected chi connectivity index (χ4v) is 2.19. The maximum atomic E-state index is 13.5. The largest absolute Gasteiger partial charge is 0.388 e. The highest BCUT2D eigenvalue weighted by Crippen LogP contribution is 2.22. The smallest absolute Gasteiger partial charge is 0.126 e. The zero-order valence-electron chi connectivity index (χ0n) is 10.7. The van der Waals surface area contributed by atoms with Crippen molar-refractivity contribution in [3.05, 3.63) is 70.5 Å². The second-order valence-electron chi connectivity index (χ2n) is 4.73. The number of benzene rings is 2. The number of halogens is 1. The van der Waals surface area contributed by atoms with Gasteiger partial charge in [-0.2, -0.15) is 0 Å². The third kappa shape index (κ3) is 2.96. The fraction of sp³-hybridized carbons (Fsp3) is 0.250. The highest BCUT2D eigenvalue weighted by molar-refractivity contribution is 5.31. The summed E-state index contributed by atoms with van der Waals surface area (Å²) in [6.45, 7) is 3.98. The van der Waals surface area contributed by atoms with E-state index in [2.05, 4.69) is 6.07 Å². The van der Waals surface area contributed by atoms with Gasteiger partial charge in [-0.25, -0.2) is 4.39 Å². The van der Waals surface area contributed by atoms with Crippen molar-refractivity contribution < 1.29 is 9.50 Å². The molecule has 94 valence electrons. The molecule has 0 saturated heterocycles. The first-order valence-corrected chi connectivity index (χ1v) is 6.06. The highest BCUT2D eigenvalue weighted by Gasteiger charge is 2.11. The molecule has 2 aromatic carbocycles. The summed E-state index contributed by atoms with van der Waals surface area (Å²) >= 11 is 0. The maximum Gasteiger partial charge on any atom is 0.126 e. The molecule has 0 radical (unpaired) electrons. The predicted molar refractivity (Wildman–Crippen MR) is 71.0 cm³/mol. The molecule has 0 amide bonds. The summed E-state index contributed by atoms with van der Waals surface area (Å²) in [4.78, 5) is 0. The van der Waals surface area contributed by atoms with E-state index in [0.717, 1.165) is 16.7 Å². The molecule has 0 fully saturated rings. The number of hydrogen-bond donors (Lipinski definition) is 1. The number of aryl methyl sites for hydroxylation is 2. The van der Waals surface area contributed by atoms with Crippen LogP contribution in [0.2, 0.25) is 0 Å². The molecule has 1 N–H and O–H groups in total. The first-order valence-electron chi connectivity index (χ1n) is 6.06. The Balaban J connectivity index is 2.22. The van der Waals surface area contributed by atoms with Gasteiger partial charge in [0, 0.05) is 6.42 Å². The first kappa shape index (κ1) is 12.8. The van der Waals surface area contributed by atoms with Crippen molar-refractivity contribution in [3.8, 4) is 0 Å². The summed E-state index contributed by atoms with van der Waals surface area (Å²) in [7, 11) is 0. The lowest BCUT2D eigenvalue weighted by Gasteiger charge is -2.13. The lowest BCUT2D eigenvalue weighted by atomic mass is 9.98. The van der Waals surface area contributed by atoms with Gasteiger partial charge in [0.25, 0.3) is 0 Å². The average Bonchev–Trinajstić information content (AvgIpc) is 2.31. The van der Waals surface area contributed by atoms with Crippen LogP contribution in [0.1, 0.15) is 28.4 Å². The molecule has 0 saturated carbocycles. The molecule has 1 unspecified atom stereocenters. The normalized spacial score (nSPS) is 12.4. The van der Waals surface area contributed by atoms with Crippen molar-refractivity contribution in [2.24, 2.45) is 0 Å². The van der Waals surface area contributed by atoms with Gasteiger partial charge in [0.05, 0.1) is 6.10 Å². The average molecular weight is 244 g/mol. The molecule has 0 aliphatic rings. The Kier molecular flexibility index (Phi) is 3.78. The van der Waals surface area contributed by atoms with E-state index in [1.807, 2.05) is 26.0 Å². The SMILES string of the molecule is Cc1cc(C)cc(C(O)Cc2ccccc2F)c1. The van der Waals surface area contributed by atoms with Crippen molar-refractivity contribution in [1.82, 2.24) is 0 Å².